The summed E-state index contributed by atoms with van der Waals surface area (Å²) in [6, 6.07) is 10.1. The van der Waals surface area contributed by atoms with Crippen LogP contribution in [0.15, 0.2) is 35.2 Å². The maximum absolute atomic E-state index is 13.4. The van der Waals surface area contributed by atoms with Gasteiger partial charge in [-0.2, -0.15) is 9.40 Å². The quantitative estimate of drug-likeness (QED) is 0.577. The second-order valence-electron chi connectivity index (χ2n) is 10.5. The zero-order valence-electron chi connectivity index (χ0n) is 21.4. The molecule has 0 bridgehead atoms. The van der Waals surface area contributed by atoms with E-state index in [4.69, 9.17) is 4.74 Å². The number of nitrogens with zero attached hydrogens (tertiary/aromatic N) is 4. The van der Waals surface area contributed by atoms with Gasteiger partial charge in [-0.25, -0.2) is 8.42 Å². The highest BCUT2D eigenvalue weighted by molar-refractivity contribution is 7.89. The number of nitrogens with one attached hydrogen (secondary N) is 1. The summed E-state index contributed by atoms with van der Waals surface area (Å²) in [5.74, 6) is 0.666. The molecule has 3 aliphatic heterocycles. The first-order valence-electron chi connectivity index (χ1n) is 12.9. The minimum absolute atomic E-state index is 0.0480. The molecule has 36 heavy (non-hydrogen) atoms. The van der Waals surface area contributed by atoms with Crippen molar-refractivity contribution in [2.24, 2.45) is 24.8 Å². The summed E-state index contributed by atoms with van der Waals surface area (Å²) in [4.78, 5) is 15.6. The molecule has 196 valence electrons. The Kier molecular flexibility index (Phi) is 7.22. The first-order valence-corrected chi connectivity index (χ1v) is 14.3. The molecule has 1 aromatic heterocycles. The Hall–Kier alpha value is -2.27. The van der Waals surface area contributed by atoms with Crippen LogP contribution in [0.5, 0.6) is 0 Å². The van der Waals surface area contributed by atoms with Gasteiger partial charge in [-0.05, 0) is 44.1 Å². The van der Waals surface area contributed by atoms with Crippen molar-refractivity contribution in [2.75, 3.05) is 45.9 Å². The van der Waals surface area contributed by atoms with Gasteiger partial charge in [-0.15, -0.1) is 0 Å². The smallest absolute Gasteiger partial charge is 0.246 e. The van der Waals surface area contributed by atoms with E-state index in [2.05, 4.69) is 27.4 Å². The van der Waals surface area contributed by atoms with Crippen LogP contribution >= 0.6 is 0 Å². The van der Waals surface area contributed by atoms with Gasteiger partial charge in [0, 0.05) is 46.4 Å². The van der Waals surface area contributed by atoms with Gasteiger partial charge in [0.05, 0.1) is 30.0 Å². The standard InChI is InChI=1S/C26H37N5O4S/c1-18-25(19(2)29(3)28-18)36(33,34)31-15-22-13-30(14-23(22)16-31)11-9-24(20-7-5-4-6-8-20)27-26(32)21-10-12-35-17-21/h4-8,21-24H,9-17H2,1-3H3,(H,27,32)/t21?,22?,23?,24-/m0/s1. The Bertz CT molecular complexity index is 1180. The minimum atomic E-state index is -3.55. The van der Waals surface area contributed by atoms with Crippen molar-refractivity contribution < 1.29 is 17.9 Å². The van der Waals surface area contributed by atoms with Gasteiger partial charge in [0.15, 0.2) is 0 Å². The molecule has 4 atom stereocenters. The van der Waals surface area contributed by atoms with Gasteiger partial charge in [0.1, 0.15) is 4.90 Å². The molecule has 0 radical (unpaired) electrons. The van der Waals surface area contributed by atoms with Gasteiger partial charge in [-0.3, -0.25) is 9.48 Å². The van der Waals surface area contributed by atoms with Gasteiger partial charge in [0.2, 0.25) is 15.9 Å². The maximum Gasteiger partial charge on any atom is 0.246 e. The number of ether oxygens (including phenoxy) is 1. The molecular weight excluding hydrogens is 478 g/mol. The van der Waals surface area contributed by atoms with Crippen LogP contribution in [-0.4, -0.2) is 79.2 Å². The largest absolute Gasteiger partial charge is 0.381 e. The number of carbonyl (C=O) groups is 1. The van der Waals surface area contributed by atoms with Crippen molar-refractivity contribution in [3.8, 4) is 0 Å². The molecule has 1 aromatic carbocycles. The third-order valence-electron chi connectivity index (χ3n) is 8.12. The molecule has 3 aliphatic rings. The molecule has 10 heteroatoms. The zero-order valence-corrected chi connectivity index (χ0v) is 22.2. The number of hydrogen-bond donors (Lipinski definition) is 1. The van der Waals surface area contributed by atoms with Crippen LogP contribution in [0.3, 0.4) is 0 Å². The molecule has 3 saturated heterocycles. The number of aromatic nitrogens is 2. The lowest BCUT2D eigenvalue weighted by Crippen LogP contribution is -2.37. The van der Waals surface area contributed by atoms with Crippen LogP contribution in [0, 0.1) is 31.6 Å². The van der Waals surface area contributed by atoms with Crippen molar-refractivity contribution in [1.29, 1.82) is 0 Å². The second kappa shape index (κ2) is 10.2. The van der Waals surface area contributed by atoms with Gasteiger partial charge < -0.3 is 15.0 Å². The highest BCUT2D eigenvalue weighted by atomic mass is 32.2. The molecule has 1 N–H and O–H groups in total. The summed E-state index contributed by atoms with van der Waals surface area (Å²) in [7, 11) is -1.77. The Morgan fingerprint density at radius 2 is 1.83 bits per heavy atom. The van der Waals surface area contributed by atoms with Crippen molar-refractivity contribution in [2.45, 2.75) is 37.6 Å². The lowest BCUT2D eigenvalue weighted by atomic mass is 10.0. The van der Waals surface area contributed by atoms with E-state index in [0.717, 1.165) is 38.0 Å². The molecule has 3 fully saturated rings. The van der Waals surface area contributed by atoms with E-state index in [1.165, 1.54) is 0 Å². The Morgan fingerprint density at radius 3 is 2.42 bits per heavy atom. The molecule has 0 spiro atoms. The molecule has 9 nitrogen and oxygen atoms in total. The molecular formula is C26H37N5O4S. The Morgan fingerprint density at radius 1 is 1.14 bits per heavy atom. The van der Waals surface area contributed by atoms with E-state index in [9.17, 15) is 13.2 Å². The van der Waals surface area contributed by atoms with E-state index in [1.807, 2.05) is 25.1 Å². The summed E-state index contributed by atoms with van der Waals surface area (Å²) in [6.07, 6.45) is 1.60. The maximum atomic E-state index is 13.4. The number of carbonyl (C=O) groups excluding carboxylic acids is 1. The fourth-order valence-corrected chi connectivity index (χ4v) is 7.99. The molecule has 1 amide bonds. The van der Waals surface area contributed by atoms with Crippen LogP contribution in [0.25, 0.3) is 0 Å². The van der Waals surface area contributed by atoms with Crippen LogP contribution < -0.4 is 5.32 Å². The van der Waals surface area contributed by atoms with E-state index >= 15 is 0 Å². The number of hydrogen-bond acceptors (Lipinski definition) is 6. The third-order valence-corrected chi connectivity index (χ3v) is 10.2. The monoisotopic (exact) mass is 515 g/mol. The van der Waals surface area contributed by atoms with Crippen LogP contribution in [-0.2, 0) is 26.6 Å². The Balaban J connectivity index is 1.19. The second-order valence-corrected chi connectivity index (χ2v) is 12.4. The van der Waals surface area contributed by atoms with Gasteiger partial charge >= 0.3 is 0 Å². The average Bonchev–Trinajstić information content (AvgIpc) is 3.62. The van der Waals surface area contributed by atoms with Crippen LogP contribution in [0.2, 0.25) is 0 Å². The summed E-state index contributed by atoms with van der Waals surface area (Å²) in [6.45, 7) is 8.46. The Labute approximate surface area is 213 Å². The highest BCUT2D eigenvalue weighted by Gasteiger charge is 2.45. The lowest BCUT2D eigenvalue weighted by Gasteiger charge is -2.25. The minimum Gasteiger partial charge on any atom is -0.381 e. The number of aryl methyl sites for hydroxylation is 2. The predicted molar refractivity (Wildman–Crippen MR) is 136 cm³/mol. The number of likely N-dealkylation sites (tertiary alicyclic amines) is 1. The molecule has 0 aliphatic carbocycles. The average molecular weight is 516 g/mol. The van der Waals surface area contributed by atoms with Crippen molar-refractivity contribution >= 4 is 15.9 Å². The topological polar surface area (TPSA) is 96.8 Å². The summed E-state index contributed by atoms with van der Waals surface area (Å²) in [5, 5.41) is 7.58. The van der Waals surface area contributed by atoms with Gasteiger partial charge in [-0.1, -0.05) is 30.3 Å². The van der Waals surface area contributed by atoms with E-state index in [1.54, 1.807) is 23.0 Å². The first-order chi connectivity index (χ1) is 17.2. The van der Waals surface area contributed by atoms with E-state index in [0.29, 0.717) is 54.4 Å². The van der Waals surface area contributed by atoms with Crippen molar-refractivity contribution in [3.05, 3.63) is 47.3 Å². The SMILES string of the molecule is Cc1nn(C)c(C)c1S(=O)(=O)N1CC2CN(CC[C@H](NC(=O)C3CCOC3)c3ccccc3)CC2C1. The summed E-state index contributed by atoms with van der Waals surface area (Å²) in [5.41, 5.74) is 2.36. The first kappa shape index (κ1) is 25.4. The highest BCUT2D eigenvalue weighted by Crippen LogP contribution is 2.36. The van der Waals surface area contributed by atoms with Gasteiger partial charge in [0.25, 0.3) is 0 Å². The fourth-order valence-electron chi connectivity index (χ4n) is 6.03. The zero-order chi connectivity index (χ0) is 25.4. The van der Waals surface area contributed by atoms with Crippen LogP contribution in [0.4, 0.5) is 0 Å². The number of sulfonamides is 1. The fraction of sp³-hybridized carbons (Fsp3) is 0.615. The lowest BCUT2D eigenvalue weighted by molar-refractivity contribution is -0.125. The number of rotatable bonds is 8. The summed E-state index contributed by atoms with van der Waals surface area (Å²) >= 11 is 0. The van der Waals surface area contributed by atoms with E-state index < -0.39 is 10.0 Å². The number of fused-ring (bicyclic) bond motifs is 1. The molecule has 3 unspecified atom stereocenters. The molecule has 2 aromatic rings. The van der Waals surface area contributed by atoms with Crippen molar-refractivity contribution in [3.63, 3.8) is 0 Å². The number of amides is 1. The molecule has 4 heterocycles. The predicted octanol–water partition coefficient (Wildman–Crippen LogP) is 1.87. The van der Waals surface area contributed by atoms with Crippen molar-refractivity contribution in [1.82, 2.24) is 24.3 Å². The normalized spacial score (nSPS) is 25.8. The summed E-state index contributed by atoms with van der Waals surface area (Å²) < 4.78 is 35.5. The van der Waals surface area contributed by atoms with Crippen LogP contribution in [0.1, 0.15) is 35.8 Å². The molecule has 5 rings (SSSR count). The molecule has 0 saturated carbocycles. The number of benzene rings is 1. The third kappa shape index (κ3) is 4.96. The van der Waals surface area contributed by atoms with E-state index in [-0.39, 0.29) is 17.9 Å².